The maximum atomic E-state index is 13.2. The molecule has 0 atom stereocenters. The lowest BCUT2D eigenvalue weighted by atomic mass is 9.99. The summed E-state index contributed by atoms with van der Waals surface area (Å²) in [5, 5.41) is 26.5. The van der Waals surface area contributed by atoms with Crippen LogP contribution in [0.1, 0.15) is 85.2 Å². The van der Waals surface area contributed by atoms with E-state index in [9.17, 15) is 57.0 Å². The number of amides is 3. The lowest BCUT2D eigenvalue weighted by Gasteiger charge is -2.29. The molecular formula is C63H59Cl3N6O15S. The summed E-state index contributed by atoms with van der Waals surface area (Å²) < 4.78 is 42.0. The molecule has 9 rings (SSSR count). The molecule has 4 N–H and O–H groups in total. The summed E-state index contributed by atoms with van der Waals surface area (Å²) in [6.07, 6.45) is 6.00. The lowest BCUT2D eigenvalue weighted by Crippen LogP contribution is -2.38. The van der Waals surface area contributed by atoms with E-state index in [0.29, 0.717) is 51.3 Å². The van der Waals surface area contributed by atoms with E-state index in [1.54, 1.807) is 127 Å². The van der Waals surface area contributed by atoms with Crippen LogP contribution in [0.15, 0.2) is 166 Å². The van der Waals surface area contributed by atoms with Gasteiger partial charge in [0.15, 0.2) is 5.75 Å². The number of esters is 2. The van der Waals surface area contributed by atoms with Gasteiger partial charge >= 0.3 is 11.9 Å². The van der Waals surface area contributed by atoms with Gasteiger partial charge in [-0.3, -0.25) is 33.0 Å². The number of rotatable bonds is 18. The normalized spacial score (nSPS) is 11.7. The minimum atomic E-state index is -3.73. The summed E-state index contributed by atoms with van der Waals surface area (Å²) in [5.41, 5.74) is 2.09. The third kappa shape index (κ3) is 17.7. The van der Waals surface area contributed by atoms with E-state index in [4.69, 9.17) is 48.5 Å². The Morgan fingerprint density at radius 1 is 0.580 bits per heavy atom. The van der Waals surface area contributed by atoms with Gasteiger partial charge in [0, 0.05) is 87.6 Å². The van der Waals surface area contributed by atoms with E-state index in [0.717, 1.165) is 21.9 Å². The van der Waals surface area contributed by atoms with Crippen molar-refractivity contribution in [2.75, 3.05) is 26.0 Å². The van der Waals surface area contributed by atoms with Crippen molar-refractivity contribution in [1.29, 1.82) is 0 Å². The summed E-state index contributed by atoms with van der Waals surface area (Å²) in [7, 11) is 0.743. The largest absolute Gasteiger partial charge is 0.502 e. The third-order valence-corrected chi connectivity index (χ3v) is 14.6. The first-order valence-corrected chi connectivity index (χ1v) is 29.8. The second-order valence-corrected chi connectivity index (χ2v) is 22.8. The molecule has 1 aliphatic rings. The van der Waals surface area contributed by atoms with Crippen molar-refractivity contribution in [2.45, 2.75) is 38.9 Å². The Morgan fingerprint density at radius 2 is 1.01 bits per heavy atom. The Morgan fingerprint density at radius 3 is 1.45 bits per heavy atom. The van der Waals surface area contributed by atoms with Crippen molar-refractivity contribution in [2.24, 2.45) is 21.1 Å². The smallest absolute Gasteiger partial charge is 0.343 e. The van der Waals surface area contributed by atoms with Crippen LogP contribution >= 0.6 is 34.8 Å². The zero-order valence-corrected chi connectivity index (χ0v) is 50.9. The fourth-order valence-corrected chi connectivity index (χ4v) is 10.1. The number of aromatic hydroxyl groups is 1. The average molecular weight is 1280 g/mol. The van der Waals surface area contributed by atoms with E-state index in [1.165, 1.54) is 47.8 Å². The number of fused-ring (bicyclic) bond motifs is 1. The number of aromatic nitrogens is 3. The van der Waals surface area contributed by atoms with Crippen LogP contribution in [0.5, 0.6) is 17.2 Å². The molecule has 0 saturated carbocycles. The molecule has 0 spiro atoms. The third-order valence-electron chi connectivity index (χ3n) is 13.3. The first-order chi connectivity index (χ1) is 41.9. The lowest BCUT2D eigenvalue weighted by molar-refractivity contribution is 0.0715. The van der Waals surface area contributed by atoms with Gasteiger partial charge in [-0.15, -0.1) is 0 Å². The highest BCUT2D eigenvalue weighted by Gasteiger charge is 2.31. The van der Waals surface area contributed by atoms with Crippen LogP contribution in [0.25, 0.3) is 0 Å². The first-order valence-electron chi connectivity index (χ1n) is 26.9. The highest BCUT2D eigenvalue weighted by atomic mass is 35.5. The molecule has 8 aromatic rings. The van der Waals surface area contributed by atoms with Crippen molar-refractivity contribution in [3.8, 4) is 17.2 Å². The topological polar surface area (TPSA) is 281 Å². The molecule has 3 amide bonds. The first kappa shape index (κ1) is 66.4. The van der Waals surface area contributed by atoms with Gasteiger partial charge in [0.25, 0.3) is 44.5 Å². The molecule has 0 bridgehead atoms. The number of hydrogen-bond donors (Lipinski definition) is 4. The van der Waals surface area contributed by atoms with Crippen molar-refractivity contribution in [1.82, 2.24) is 29.2 Å². The maximum Gasteiger partial charge on any atom is 0.343 e. The van der Waals surface area contributed by atoms with Crippen LogP contribution in [0.4, 0.5) is 0 Å². The number of hydrogen-bond acceptors (Lipinski definition) is 15. The highest BCUT2D eigenvalue weighted by molar-refractivity contribution is 7.86. The second kappa shape index (κ2) is 30.5. The van der Waals surface area contributed by atoms with E-state index in [-0.39, 0.29) is 84.2 Å². The molecule has 458 valence electrons. The van der Waals surface area contributed by atoms with Gasteiger partial charge in [0.05, 0.1) is 40.7 Å². The van der Waals surface area contributed by atoms with Gasteiger partial charge in [0.1, 0.15) is 0 Å². The molecule has 21 nitrogen and oxygen atoms in total. The van der Waals surface area contributed by atoms with E-state index < -0.39 is 62.0 Å². The zero-order valence-electron chi connectivity index (χ0n) is 47.8. The highest BCUT2D eigenvalue weighted by Crippen LogP contribution is 2.27. The molecule has 25 heteroatoms. The number of pyridine rings is 3. The van der Waals surface area contributed by atoms with Gasteiger partial charge in [-0.2, -0.15) is 8.42 Å². The van der Waals surface area contributed by atoms with Gasteiger partial charge in [-0.05, 0) is 113 Å². The van der Waals surface area contributed by atoms with E-state index >= 15 is 0 Å². The summed E-state index contributed by atoms with van der Waals surface area (Å²) in [6.45, 7) is 0.638. The molecular weight excluding hydrogens is 1220 g/mol. The van der Waals surface area contributed by atoms with Crippen molar-refractivity contribution >= 4 is 74.6 Å². The summed E-state index contributed by atoms with van der Waals surface area (Å²) in [6, 6.07) is 37.3. The summed E-state index contributed by atoms with van der Waals surface area (Å²) in [5.74, 6) is -4.52. The van der Waals surface area contributed by atoms with Crippen LogP contribution in [-0.4, -0.2) is 92.9 Å². The van der Waals surface area contributed by atoms with E-state index in [1.807, 2.05) is 12.1 Å². The molecule has 0 aliphatic carbocycles. The zero-order chi connectivity index (χ0) is 63.8. The van der Waals surface area contributed by atoms with Gasteiger partial charge in [-0.25, -0.2) is 9.59 Å². The molecule has 0 saturated heterocycles. The predicted molar refractivity (Wildman–Crippen MR) is 330 cm³/mol. The standard InChI is InChI=1S/C24H23ClN2O7S.C23H21ClN2O5.C16H15ClN2O3/c1-27-15-18(11-12-33-35(2,31)32)20(22(28)26-14-16-7-6-10-19(25)13-16)21(23(27)29)34-24(30)17-8-4-3-5-9-17;1-26-14-17(10-11-27)19(21(28)25-13-15-6-5-9-18(24)12-15)20(22(26)29)31-23(30)16-7-3-2-4-8-16;1-18-9-11-5-6-19(8-10-3-2-4-12(17)7-10)15(21)13(11)14(20)16(18)22/h3-10,13,15H,11-12,14H2,1-2H3,(H,26,28);2-9,12,14,27H,10-11,13H2,1H3,(H,25,28);2-4,7,9,20H,5-6,8H2,1H3. The molecule has 5 aromatic carbocycles. The number of aryl methyl sites for hydroxylation is 3. The number of ether oxygens (including phenoxy) is 2. The average Bonchev–Trinajstić information content (AvgIpc) is 2.94. The molecule has 3 aromatic heterocycles. The Kier molecular flexibility index (Phi) is 23.0. The molecule has 88 heavy (non-hydrogen) atoms. The minimum Gasteiger partial charge on any atom is -0.502 e. The Balaban J connectivity index is 0.000000193. The fraction of sp³-hybridized carbons (Fsp3) is 0.206. The minimum absolute atomic E-state index is 0.0446. The van der Waals surface area contributed by atoms with Crippen LogP contribution in [0, 0.1) is 0 Å². The van der Waals surface area contributed by atoms with Crippen LogP contribution in [0.2, 0.25) is 15.1 Å². The maximum absolute atomic E-state index is 13.2. The van der Waals surface area contributed by atoms with E-state index in [2.05, 4.69) is 10.6 Å². The van der Waals surface area contributed by atoms with Crippen molar-refractivity contribution in [3.63, 3.8) is 0 Å². The van der Waals surface area contributed by atoms with Crippen LogP contribution in [0.3, 0.4) is 0 Å². The van der Waals surface area contributed by atoms with Crippen molar-refractivity contribution in [3.05, 3.63) is 259 Å². The number of nitrogens with one attached hydrogen (secondary N) is 2. The number of carbonyl (C=O) groups excluding carboxylic acids is 5. The SMILES string of the molecule is Cn1cc(CCO)c(C(=O)NCc2cccc(Cl)c2)c(OC(=O)c2ccccc2)c1=O.Cn1cc(CCOS(C)(=O)=O)c(C(=O)NCc2cccc(Cl)c2)c(OC(=O)c2ccccc2)c1=O.Cn1cc2c(c(O)c1=O)C(=O)N(Cc1cccc(Cl)c1)CC2. The Labute approximate surface area is 520 Å². The van der Waals surface area contributed by atoms with Gasteiger partial charge in [-0.1, -0.05) is 108 Å². The fourth-order valence-electron chi connectivity index (χ4n) is 9.05. The molecule has 0 radical (unpaired) electrons. The Bertz CT molecular complexity index is 4220. The summed E-state index contributed by atoms with van der Waals surface area (Å²) >= 11 is 17.9. The molecule has 0 unspecified atom stereocenters. The number of carbonyl (C=O) groups is 5. The number of aliphatic hydroxyl groups excluding tert-OH is 1. The summed E-state index contributed by atoms with van der Waals surface area (Å²) in [4.78, 5) is 103. The molecule has 4 heterocycles. The number of nitrogens with zero attached hydrogens (tertiary/aromatic N) is 4. The van der Waals surface area contributed by atoms with Gasteiger partial charge in [0.2, 0.25) is 11.5 Å². The monoisotopic (exact) mass is 1280 g/mol. The number of benzene rings is 5. The van der Waals surface area contributed by atoms with Crippen LogP contribution < -0.4 is 36.8 Å². The van der Waals surface area contributed by atoms with Crippen molar-refractivity contribution < 1.29 is 56.3 Å². The molecule has 0 fully saturated rings. The quantitative estimate of drug-likeness (QED) is 0.0482. The second-order valence-electron chi connectivity index (χ2n) is 19.8. The predicted octanol–water partition coefficient (Wildman–Crippen LogP) is 7.37. The number of aliphatic hydroxyl groups is 1. The van der Waals surface area contributed by atoms with Crippen LogP contribution in [-0.2, 0) is 74.3 Å². The van der Waals surface area contributed by atoms with Gasteiger partial charge < -0.3 is 48.9 Å². The molecule has 1 aliphatic heterocycles. The number of halogens is 3. The Hall–Kier alpha value is -9.16.